The lowest BCUT2D eigenvalue weighted by atomic mass is 9.81. The molecule has 0 aliphatic heterocycles. The summed E-state index contributed by atoms with van der Waals surface area (Å²) in [5, 5.41) is 6.85. The van der Waals surface area contributed by atoms with Crippen molar-refractivity contribution in [2.75, 3.05) is 0 Å². The van der Waals surface area contributed by atoms with Crippen LogP contribution in [0.2, 0.25) is 0 Å². The van der Waals surface area contributed by atoms with E-state index < -0.39 is 0 Å². The van der Waals surface area contributed by atoms with Gasteiger partial charge in [-0.25, -0.2) is 34.9 Å². The van der Waals surface area contributed by atoms with Crippen LogP contribution in [-0.4, -0.2) is 34.9 Å². The van der Waals surface area contributed by atoms with Gasteiger partial charge >= 0.3 is 0 Å². The first kappa shape index (κ1) is 81.4. The molecule has 7 nitrogen and oxygen atoms in total. The van der Waals surface area contributed by atoms with Gasteiger partial charge in [-0.15, -0.1) is 0 Å². The van der Waals surface area contributed by atoms with Crippen LogP contribution >= 0.6 is 0 Å². The summed E-state index contributed by atoms with van der Waals surface area (Å²) in [7, 11) is 0. The highest BCUT2D eigenvalue weighted by Crippen LogP contribution is 2.56. The van der Waals surface area contributed by atoms with Crippen molar-refractivity contribution in [3.05, 3.63) is 463 Å². The average Bonchev–Trinajstić information content (AvgIpc) is 1.74. The van der Waals surface area contributed by atoms with Gasteiger partial charge in [-0.2, -0.15) is 0 Å². The number of hydrogen-bond acceptors (Lipinski definition) is 7. The molecule has 0 fully saturated rings. The van der Waals surface area contributed by atoms with Crippen molar-refractivity contribution in [3.63, 3.8) is 0 Å². The molecule has 0 unspecified atom stereocenters. The van der Waals surface area contributed by atoms with Crippen LogP contribution in [-0.2, 0) is 21.7 Å². The Kier molecular flexibility index (Phi) is 18.9. The largest absolute Gasteiger partial charge is 0.247 e. The summed E-state index contributed by atoms with van der Waals surface area (Å²) in [6.45, 7) is 18.8. The quantitative estimate of drug-likeness (QED) is 0.113. The van der Waals surface area contributed by atoms with Crippen LogP contribution in [0.1, 0.15) is 99.9 Å². The van der Waals surface area contributed by atoms with E-state index in [0.717, 1.165) is 122 Å². The van der Waals surface area contributed by atoms with Crippen LogP contribution in [0.25, 0.3) is 223 Å². The second-order valence-electron chi connectivity index (χ2n) is 39.0. The molecule has 4 heterocycles. The van der Waals surface area contributed by atoms with E-state index >= 15 is 0 Å². The van der Waals surface area contributed by atoms with Gasteiger partial charge < -0.3 is 0 Å². The highest BCUT2D eigenvalue weighted by molar-refractivity contribution is 6.18. The van der Waals surface area contributed by atoms with Crippen LogP contribution in [0.5, 0.6) is 0 Å². The Bertz CT molecular complexity index is 8050. The Balaban J connectivity index is 0.000000145. The fraction of sp³-hybridized carbons (Fsp3) is 0.0930. The Morgan fingerprint density at radius 2 is 0.360 bits per heavy atom. The predicted molar refractivity (Wildman–Crippen MR) is 563 cm³/mol. The van der Waals surface area contributed by atoms with Gasteiger partial charge in [0.15, 0.2) is 23.3 Å². The zero-order valence-electron chi connectivity index (χ0n) is 77.0. The number of aromatic nitrogens is 7. The summed E-state index contributed by atoms with van der Waals surface area (Å²) in [5.74, 6) is 2.60. The van der Waals surface area contributed by atoms with E-state index in [1.165, 1.54) is 122 Å². The second kappa shape index (κ2) is 31.6. The minimum atomic E-state index is -0.138. The van der Waals surface area contributed by atoms with Crippen molar-refractivity contribution in [1.82, 2.24) is 34.9 Å². The molecule has 4 aliphatic rings. The minimum Gasteiger partial charge on any atom is -0.247 e. The standard InChI is InChI=1S/C65H47N3.C64H46N4/c1-64(2)55-25-15-13-22-47(55)49-33-31-44(35-57(49)64)52-37-54-53(40-27-29-43(30-28-40)63-67-60(41-17-7-5-8-18-41)39-61(68-63)42-19-9-6-10-20-42)38-59(66-62(54)51-24-12-11-21-46(51)52)45-32-34-50-48-23-14-16-26-56(48)65(3,4)58(50)36-45;1-63(2)54-25-15-13-22-46(54)48-33-31-43(35-56(48)63)51-37-53-52(39-27-29-42(30-28-39)62-67-60(40-17-7-5-8-18-40)66-61(68-62)41-19-9-6-10-20-41)38-58(65-59(53)50-24-12-11-21-45(50)51)44-32-34-49-47-23-14-16-26-55(47)64(3,4)57(49)36-44/h5-39H,1-4H3;5-38H,1-4H3. The Morgan fingerprint density at radius 3 is 0.691 bits per heavy atom. The predicted octanol–water partition coefficient (Wildman–Crippen LogP) is 33.0. The summed E-state index contributed by atoms with van der Waals surface area (Å²) in [6, 6.07) is 151. The van der Waals surface area contributed by atoms with E-state index in [2.05, 4.69) is 401 Å². The van der Waals surface area contributed by atoms with Crippen molar-refractivity contribution in [3.8, 4) is 180 Å². The monoisotopic (exact) mass is 1740 g/mol. The summed E-state index contributed by atoms with van der Waals surface area (Å²) in [5.41, 5.74) is 43.8. The normalized spacial score (nSPS) is 13.8. The zero-order chi connectivity index (χ0) is 91.5. The van der Waals surface area contributed by atoms with Crippen LogP contribution in [0, 0.1) is 0 Å². The lowest BCUT2D eigenvalue weighted by Crippen LogP contribution is -2.15. The number of rotatable bonds is 12. The topological polar surface area (TPSA) is 90.2 Å². The molecule has 0 radical (unpaired) electrons. The molecule has 18 aromatic carbocycles. The van der Waals surface area contributed by atoms with E-state index in [4.69, 9.17) is 34.9 Å². The van der Waals surface area contributed by atoms with Crippen LogP contribution in [0.15, 0.2) is 419 Å². The Morgan fingerprint density at radius 1 is 0.132 bits per heavy atom. The molecule has 7 heteroatoms. The number of benzene rings is 18. The number of nitrogens with zero attached hydrogens (tertiary/aromatic N) is 7. The fourth-order valence-corrected chi connectivity index (χ4v) is 22.5. The molecule has 0 atom stereocenters. The SMILES string of the molecule is CC1(C)c2ccccc2-c2ccc(-c3cc(-c4ccc(-c5nc(-c6ccccc6)cc(-c6ccccc6)n5)cc4)c4cc(-c5ccc6c(c5)C(C)(C)c5ccccc5-6)c5ccccc5c4n3)cc21.CC1(C)c2ccccc2-c2ccc(-c3cc(-c4ccc(-c5nc(-c6ccccc6)nc(-c6ccccc6)n5)cc4)c4cc(-c5ccc6c(c5)C(C)(C)c5ccccc5-6)c5ccccc5c4n3)cc21. The van der Waals surface area contributed by atoms with Crippen molar-refractivity contribution >= 4 is 43.4 Å². The van der Waals surface area contributed by atoms with E-state index in [1.807, 2.05) is 72.8 Å². The van der Waals surface area contributed by atoms with E-state index in [9.17, 15) is 0 Å². The molecule has 4 aromatic heterocycles. The van der Waals surface area contributed by atoms with Crippen molar-refractivity contribution in [1.29, 1.82) is 0 Å². The van der Waals surface area contributed by atoms with Gasteiger partial charge in [0.1, 0.15) is 0 Å². The highest BCUT2D eigenvalue weighted by Gasteiger charge is 2.40. The van der Waals surface area contributed by atoms with E-state index in [1.54, 1.807) is 0 Å². The molecular weight excluding hydrogens is 1650 g/mol. The number of hydrogen-bond donors (Lipinski definition) is 0. The summed E-state index contributed by atoms with van der Waals surface area (Å²) in [6.07, 6.45) is 0. The molecule has 644 valence electrons. The molecule has 0 amide bonds. The van der Waals surface area contributed by atoms with Gasteiger partial charge in [0.05, 0.1) is 33.8 Å². The third-order valence-corrected chi connectivity index (χ3v) is 29.7. The van der Waals surface area contributed by atoms with Gasteiger partial charge in [-0.3, -0.25) is 0 Å². The van der Waals surface area contributed by atoms with Crippen molar-refractivity contribution in [2.45, 2.75) is 77.0 Å². The highest BCUT2D eigenvalue weighted by atomic mass is 15.0. The van der Waals surface area contributed by atoms with E-state index in [0.29, 0.717) is 23.3 Å². The van der Waals surface area contributed by atoms with Gasteiger partial charge in [-0.1, -0.05) is 419 Å². The van der Waals surface area contributed by atoms with Gasteiger partial charge in [-0.05, 0) is 199 Å². The summed E-state index contributed by atoms with van der Waals surface area (Å²) >= 11 is 0. The zero-order valence-corrected chi connectivity index (χ0v) is 77.0. The van der Waals surface area contributed by atoms with Crippen molar-refractivity contribution in [2.24, 2.45) is 0 Å². The van der Waals surface area contributed by atoms with Crippen molar-refractivity contribution < 1.29 is 0 Å². The van der Waals surface area contributed by atoms with Crippen LogP contribution < -0.4 is 0 Å². The van der Waals surface area contributed by atoms with Gasteiger partial charge in [0, 0.05) is 87.7 Å². The lowest BCUT2D eigenvalue weighted by molar-refractivity contribution is 0.660. The first-order valence-corrected chi connectivity index (χ1v) is 47.2. The maximum Gasteiger partial charge on any atom is 0.164 e. The molecule has 26 rings (SSSR count). The number of pyridine rings is 2. The maximum absolute atomic E-state index is 5.65. The molecule has 0 N–H and O–H groups in total. The third-order valence-electron chi connectivity index (χ3n) is 29.7. The molecule has 0 saturated heterocycles. The minimum absolute atomic E-state index is 0.115. The molecule has 4 aliphatic carbocycles. The smallest absolute Gasteiger partial charge is 0.164 e. The number of fused-ring (bicyclic) bond motifs is 18. The molecule has 22 aromatic rings. The van der Waals surface area contributed by atoms with E-state index in [-0.39, 0.29) is 21.7 Å². The molecular formula is C129H93N7. The third kappa shape index (κ3) is 13.3. The molecule has 0 spiro atoms. The van der Waals surface area contributed by atoms with Crippen LogP contribution in [0.4, 0.5) is 0 Å². The molecule has 136 heavy (non-hydrogen) atoms. The second-order valence-corrected chi connectivity index (χ2v) is 39.0. The van der Waals surface area contributed by atoms with Gasteiger partial charge in [0.25, 0.3) is 0 Å². The summed E-state index contributed by atoms with van der Waals surface area (Å²) in [4.78, 5) is 36.7. The maximum atomic E-state index is 5.65. The van der Waals surface area contributed by atoms with Crippen LogP contribution in [0.3, 0.4) is 0 Å². The first-order chi connectivity index (χ1) is 66.4. The Hall–Kier alpha value is -16.6. The summed E-state index contributed by atoms with van der Waals surface area (Å²) < 4.78 is 0. The lowest BCUT2D eigenvalue weighted by Gasteiger charge is -2.22. The Labute approximate surface area is 792 Å². The molecule has 0 saturated carbocycles. The fourth-order valence-electron chi connectivity index (χ4n) is 22.5. The molecule has 0 bridgehead atoms. The van der Waals surface area contributed by atoms with Gasteiger partial charge in [0.2, 0.25) is 0 Å². The first-order valence-electron chi connectivity index (χ1n) is 47.2. The average molecular weight is 1740 g/mol.